The van der Waals surface area contributed by atoms with Crippen LogP contribution in [0.25, 0.3) is 0 Å². The molecule has 0 bridgehead atoms. The minimum Gasteiger partial charge on any atom is -0.611 e. The molecule has 0 fully saturated rings. The van der Waals surface area contributed by atoms with Crippen LogP contribution in [0.4, 0.5) is 0 Å². The van der Waals surface area contributed by atoms with Crippen LogP contribution in [0.2, 0.25) is 0 Å². The van der Waals surface area contributed by atoms with E-state index in [0.717, 1.165) is 5.56 Å². The summed E-state index contributed by atoms with van der Waals surface area (Å²) >= 11 is -1.37. The monoisotopic (exact) mass is 318 g/mol. The molecule has 0 aliphatic carbocycles. The minimum atomic E-state index is -1.37. The lowest BCUT2D eigenvalue weighted by molar-refractivity contribution is 0.102. The Morgan fingerprint density at radius 1 is 1.05 bits per heavy atom. The van der Waals surface area contributed by atoms with Crippen molar-refractivity contribution in [3.8, 4) is 11.5 Å². The Balaban J connectivity index is 2.16. The topological polar surface area (TPSA) is 58.6 Å². The first-order valence-corrected chi connectivity index (χ1v) is 8.06. The number of methoxy groups -OCH3 is 2. The van der Waals surface area contributed by atoms with E-state index in [1.165, 1.54) is 14.2 Å². The van der Waals surface area contributed by atoms with Crippen LogP contribution < -0.4 is 9.47 Å². The van der Waals surface area contributed by atoms with Crippen LogP contribution in [0.5, 0.6) is 11.5 Å². The van der Waals surface area contributed by atoms with E-state index in [-0.39, 0.29) is 11.5 Å². The average Bonchev–Trinajstić information content (AvgIpc) is 2.54. The van der Waals surface area contributed by atoms with Gasteiger partial charge in [-0.3, -0.25) is 4.79 Å². The number of carbonyl (C=O) groups is 1. The van der Waals surface area contributed by atoms with Crippen molar-refractivity contribution in [3.05, 3.63) is 53.6 Å². The summed E-state index contributed by atoms with van der Waals surface area (Å²) in [5.41, 5.74) is 1.52. The van der Waals surface area contributed by atoms with E-state index < -0.39 is 11.2 Å². The molecule has 0 aliphatic heterocycles. The van der Waals surface area contributed by atoms with Gasteiger partial charge in [-0.1, -0.05) is 17.7 Å². The van der Waals surface area contributed by atoms with Crippen molar-refractivity contribution in [2.75, 3.05) is 20.0 Å². The first kappa shape index (κ1) is 16.4. The second-order valence-corrected chi connectivity index (χ2v) is 6.28. The van der Waals surface area contributed by atoms with Gasteiger partial charge in [-0.25, -0.2) is 0 Å². The first-order valence-electron chi connectivity index (χ1n) is 6.75. The number of benzene rings is 2. The predicted octanol–water partition coefficient (Wildman–Crippen LogP) is 3.00. The zero-order chi connectivity index (χ0) is 16.1. The van der Waals surface area contributed by atoms with E-state index in [2.05, 4.69) is 0 Å². The summed E-state index contributed by atoms with van der Waals surface area (Å²) in [6, 6.07) is 12.3. The highest BCUT2D eigenvalue weighted by Crippen LogP contribution is 2.23. The molecule has 1 unspecified atom stereocenters. The van der Waals surface area contributed by atoms with Gasteiger partial charge in [-0.2, -0.15) is 0 Å². The molecular weight excluding hydrogens is 300 g/mol. The Hall–Kier alpha value is -1.98. The zero-order valence-corrected chi connectivity index (χ0v) is 13.6. The maximum absolute atomic E-state index is 12.3. The van der Waals surface area contributed by atoms with Crippen LogP contribution in [-0.2, 0) is 11.2 Å². The lowest BCUT2D eigenvalue weighted by Gasteiger charge is -2.11. The highest BCUT2D eigenvalue weighted by Gasteiger charge is 2.19. The number of rotatable bonds is 6. The minimum absolute atomic E-state index is 0.0701. The molecule has 0 amide bonds. The van der Waals surface area contributed by atoms with Crippen LogP contribution in [0.1, 0.15) is 15.9 Å². The zero-order valence-electron chi connectivity index (χ0n) is 12.8. The molecule has 5 heteroatoms. The molecule has 0 spiro atoms. The summed E-state index contributed by atoms with van der Waals surface area (Å²) in [4.78, 5) is 13.0. The van der Waals surface area contributed by atoms with Crippen molar-refractivity contribution in [3.63, 3.8) is 0 Å². The number of ketones is 1. The summed E-state index contributed by atoms with van der Waals surface area (Å²) in [7, 11) is 3.04. The molecule has 2 aromatic carbocycles. The van der Waals surface area contributed by atoms with E-state index in [1.54, 1.807) is 30.3 Å². The Labute approximate surface area is 133 Å². The highest BCUT2D eigenvalue weighted by atomic mass is 32.2. The van der Waals surface area contributed by atoms with Crippen molar-refractivity contribution in [1.82, 2.24) is 0 Å². The quantitative estimate of drug-likeness (QED) is 0.607. The van der Waals surface area contributed by atoms with E-state index >= 15 is 0 Å². The molecule has 1 atom stereocenters. The van der Waals surface area contributed by atoms with Gasteiger partial charge in [0.2, 0.25) is 5.78 Å². The molecule has 116 valence electrons. The fourth-order valence-corrected chi connectivity index (χ4v) is 2.96. The molecule has 0 saturated carbocycles. The summed E-state index contributed by atoms with van der Waals surface area (Å²) in [5, 5.41) is 0. The molecule has 0 aromatic heterocycles. The van der Waals surface area contributed by atoms with E-state index in [4.69, 9.17) is 9.47 Å². The third-order valence-corrected chi connectivity index (χ3v) is 4.54. The van der Waals surface area contributed by atoms with Gasteiger partial charge in [0.1, 0.15) is 11.5 Å². The molecule has 0 N–H and O–H groups in total. The largest absolute Gasteiger partial charge is 0.611 e. The molecule has 0 saturated heterocycles. The molecule has 2 rings (SSSR count). The number of ether oxygens (including phenoxy) is 2. The number of carbonyl (C=O) groups excluding carboxylic acids is 1. The van der Waals surface area contributed by atoms with Gasteiger partial charge in [0.05, 0.1) is 14.2 Å². The third kappa shape index (κ3) is 4.02. The third-order valence-electron chi connectivity index (χ3n) is 3.22. The summed E-state index contributed by atoms with van der Waals surface area (Å²) in [6.07, 6.45) is 0. The predicted molar refractivity (Wildman–Crippen MR) is 86.3 cm³/mol. The van der Waals surface area contributed by atoms with Gasteiger partial charge in [0.15, 0.2) is 10.6 Å². The fourth-order valence-electron chi connectivity index (χ4n) is 1.94. The standard InChI is InChI=1S/C17H18O4S/c1-12-4-6-16(7-5-12)22(19)11-17(18)13-8-14(20-2)10-15(9-13)21-3/h4-10H,11H2,1-3H3. The molecule has 22 heavy (non-hydrogen) atoms. The first-order chi connectivity index (χ1) is 10.5. The molecule has 0 heterocycles. The van der Waals surface area contributed by atoms with Crippen molar-refractivity contribution < 1.29 is 18.8 Å². The Bertz CT molecular complexity index is 630. The van der Waals surface area contributed by atoms with Crippen LogP contribution in [-0.4, -0.2) is 30.3 Å². The molecule has 2 aromatic rings. The molecular formula is C17H18O4S. The van der Waals surface area contributed by atoms with Gasteiger partial charge in [-0.15, -0.1) is 0 Å². The summed E-state index contributed by atoms with van der Waals surface area (Å²) in [6.45, 7) is 1.96. The smallest absolute Gasteiger partial charge is 0.212 e. The molecule has 4 nitrogen and oxygen atoms in total. The number of Topliss-reactive ketones (excluding diaryl/α,β-unsaturated/α-hetero) is 1. The molecule has 0 radical (unpaired) electrons. The SMILES string of the molecule is COc1cc(OC)cc(C(=O)C[S+]([O-])c2ccc(C)cc2)c1. The van der Waals surface area contributed by atoms with Crippen molar-refractivity contribution in [2.45, 2.75) is 11.8 Å². The summed E-state index contributed by atoms with van der Waals surface area (Å²) < 4.78 is 22.6. The van der Waals surface area contributed by atoms with Gasteiger partial charge in [0.25, 0.3) is 0 Å². The fraction of sp³-hybridized carbons (Fsp3) is 0.235. The van der Waals surface area contributed by atoms with Crippen molar-refractivity contribution >= 4 is 17.0 Å². The number of hydrogen-bond donors (Lipinski definition) is 0. The Morgan fingerprint density at radius 2 is 1.59 bits per heavy atom. The van der Waals surface area contributed by atoms with Crippen LogP contribution in [0.15, 0.2) is 47.4 Å². The second-order valence-electron chi connectivity index (χ2n) is 4.83. The molecule has 0 aliphatic rings. The van der Waals surface area contributed by atoms with Gasteiger partial charge < -0.3 is 14.0 Å². The van der Waals surface area contributed by atoms with Crippen LogP contribution in [0.3, 0.4) is 0 Å². The maximum atomic E-state index is 12.3. The van der Waals surface area contributed by atoms with E-state index in [1.807, 2.05) is 19.1 Å². The lowest BCUT2D eigenvalue weighted by Crippen LogP contribution is -2.16. The van der Waals surface area contributed by atoms with Gasteiger partial charge in [0, 0.05) is 11.6 Å². The average molecular weight is 318 g/mol. The van der Waals surface area contributed by atoms with Gasteiger partial charge in [-0.05, 0) is 42.4 Å². The summed E-state index contributed by atoms with van der Waals surface area (Å²) in [5.74, 6) is 0.781. The number of hydrogen-bond acceptors (Lipinski definition) is 4. The van der Waals surface area contributed by atoms with E-state index in [0.29, 0.717) is 22.0 Å². The lowest BCUT2D eigenvalue weighted by atomic mass is 10.1. The highest BCUT2D eigenvalue weighted by molar-refractivity contribution is 7.92. The van der Waals surface area contributed by atoms with Crippen LogP contribution in [0, 0.1) is 6.92 Å². The van der Waals surface area contributed by atoms with Crippen molar-refractivity contribution in [2.24, 2.45) is 0 Å². The van der Waals surface area contributed by atoms with Crippen LogP contribution >= 0.6 is 0 Å². The second kappa shape index (κ2) is 7.33. The Morgan fingerprint density at radius 3 is 2.09 bits per heavy atom. The van der Waals surface area contributed by atoms with E-state index in [9.17, 15) is 9.35 Å². The van der Waals surface area contributed by atoms with Crippen molar-refractivity contribution in [1.29, 1.82) is 0 Å². The normalized spacial score (nSPS) is 11.8. The maximum Gasteiger partial charge on any atom is 0.212 e. The Kier molecular flexibility index (Phi) is 5.46. The van der Waals surface area contributed by atoms with Gasteiger partial charge >= 0.3 is 0 Å². The number of aryl methyl sites for hydroxylation is 1.